The summed E-state index contributed by atoms with van der Waals surface area (Å²) < 4.78 is 0. The third-order valence-electron chi connectivity index (χ3n) is 2.81. The van der Waals surface area contributed by atoms with E-state index in [4.69, 9.17) is 0 Å². The molecule has 0 amide bonds. The van der Waals surface area contributed by atoms with Crippen LogP contribution in [-0.4, -0.2) is 23.1 Å². The lowest BCUT2D eigenvalue weighted by molar-refractivity contribution is 0.615. The summed E-state index contributed by atoms with van der Waals surface area (Å²) in [5.41, 5.74) is 2.46. The summed E-state index contributed by atoms with van der Waals surface area (Å²) in [5.74, 6) is 2.36. The Kier molecular flexibility index (Phi) is 3.39. The Balaban J connectivity index is 2.43. The van der Waals surface area contributed by atoms with Crippen LogP contribution in [0.1, 0.15) is 43.8 Å². The molecule has 1 aromatic heterocycles. The summed E-state index contributed by atoms with van der Waals surface area (Å²) in [6, 6.07) is 0. The van der Waals surface area contributed by atoms with Crippen LogP contribution in [0.15, 0.2) is 0 Å². The number of aromatic nitrogens is 2. The van der Waals surface area contributed by atoms with Crippen molar-refractivity contribution in [3.8, 4) is 0 Å². The summed E-state index contributed by atoms with van der Waals surface area (Å²) in [7, 11) is 0. The third kappa shape index (κ3) is 2.16. The average Bonchev–Trinajstić information content (AvgIpc) is 2.29. The fourth-order valence-corrected chi connectivity index (χ4v) is 1.93. The number of rotatable bonds is 3. The zero-order valence-corrected chi connectivity index (χ0v) is 10.3. The average molecular weight is 220 g/mol. The summed E-state index contributed by atoms with van der Waals surface area (Å²) >= 11 is 0. The van der Waals surface area contributed by atoms with Gasteiger partial charge in [-0.3, -0.25) is 0 Å². The quantitative estimate of drug-likeness (QED) is 0.813. The van der Waals surface area contributed by atoms with E-state index in [1.165, 1.54) is 11.3 Å². The molecule has 2 rings (SSSR count). The first kappa shape index (κ1) is 11.3. The molecule has 1 aliphatic heterocycles. The molecule has 88 valence electrons. The first-order chi connectivity index (χ1) is 7.72. The van der Waals surface area contributed by atoms with Crippen LogP contribution in [0.5, 0.6) is 0 Å². The minimum absolute atomic E-state index is 0.387. The van der Waals surface area contributed by atoms with Crippen molar-refractivity contribution < 1.29 is 0 Å². The van der Waals surface area contributed by atoms with Crippen molar-refractivity contribution in [3.63, 3.8) is 0 Å². The summed E-state index contributed by atoms with van der Waals surface area (Å²) in [5, 5.41) is 6.71. The predicted octanol–water partition coefficient (Wildman–Crippen LogP) is 1.68. The van der Waals surface area contributed by atoms with Gasteiger partial charge in [-0.1, -0.05) is 13.8 Å². The second kappa shape index (κ2) is 4.78. The van der Waals surface area contributed by atoms with Crippen LogP contribution in [0.2, 0.25) is 0 Å². The molecule has 0 fully saturated rings. The van der Waals surface area contributed by atoms with Gasteiger partial charge < -0.3 is 10.6 Å². The highest BCUT2D eigenvalue weighted by atomic mass is 15.1. The number of fused-ring (bicyclic) bond motifs is 1. The molecule has 0 unspecified atom stereocenters. The topological polar surface area (TPSA) is 49.8 Å². The molecule has 0 bridgehead atoms. The fraction of sp³-hybridized carbons (Fsp3) is 0.667. The van der Waals surface area contributed by atoms with Crippen LogP contribution in [0.3, 0.4) is 0 Å². The van der Waals surface area contributed by atoms with Crippen molar-refractivity contribution in [1.29, 1.82) is 0 Å². The third-order valence-corrected chi connectivity index (χ3v) is 2.81. The Morgan fingerprint density at radius 2 is 2.19 bits per heavy atom. The first-order valence-corrected chi connectivity index (χ1v) is 6.06. The molecule has 4 nitrogen and oxygen atoms in total. The molecule has 0 aromatic carbocycles. The molecule has 0 saturated heterocycles. The van der Waals surface area contributed by atoms with Crippen LogP contribution < -0.4 is 10.6 Å². The van der Waals surface area contributed by atoms with Crippen LogP contribution in [-0.2, 0) is 13.0 Å². The van der Waals surface area contributed by atoms with Crippen molar-refractivity contribution in [2.24, 2.45) is 0 Å². The molecule has 0 spiro atoms. The van der Waals surface area contributed by atoms with Gasteiger partial charge in [0.2, 0.25) is 0 Å². The molecule has 2 heterocycles. The Labute approximate surface area is 96.9 Å². The van der Waals surface area contributed by atoms with E-state index in [0.717, 1.165) is 37.7 Å². The van der Waals surface area contributed by atoms with E-state index < -0.39 is 0 Å². The summed E-state index contributed by atoms with van der Waals surface area (Å²) in [4.78, 5) is 9.28. The molecule has 1 aromatic rings. The van der Waals surface area contributed by atoms with Crippen molar-refractivity contribution in [2.45, 2.75) is 39.7 Å². The largest absolute Gasteiger partial charge is 0.370 e. The van der Waals surface area contributed by atoms with Crippen LogP contribution in [0, 0.1) is 0 Å². The Hall–Kier alpha value is -1.16. The highest BCUT2D eigenvalue weighted by Crippen LogP contribution is 2.22. The van der Waals surface area contributed by atoms with E-state index in [2.05, 4.69) is 41.4 Å². The van der Waals surface area contributed by atoms with Crippen molar-refractivity contribution in [3.05, 3.63) is 17.1 Å². The molecule has 0 radical (unpaired) electrons. The van der Waals surface area contributed by atoms with Crippen molar-refractivity contribution in [2.75, 3.05) is 18.4 Å². The van der Waals surface area contributed by atoms with Gasteiger partial charge in [-0.15, -0.1) is 0 Å². The molecule has 0 aliphatic carbocycles. The maximum atomic E-state index is 4.66. The number of hydrogen-bond acceptors (Lipinski definition) is 4. The first-order valence-electron chi connectivity index (χ1n) is 6.06. The van der Waals surface area contributed by atoms with Gasteiger partial charge in [0.05, 0.1) is 5.69 Å². The van der Waals surface area contributed by atoms with Crippen molar-refractivity contribution >= 4 is 5.82 Å². The van der Waals surface area contributed by atoms with Gasteiger partial charge in [0.1, 0.15) is 11.6 Å². The Morgan fingerprint density at radius 1 is 1.38 bits per heavy atom. The van der Waals surface area contributed by atoms with Gasteiger partial charge in [0.25, 0.3) is 0 Å². The summed E-state index contributed by atoms with van der Waals surface area (Å²) in [6.45, 7) is 9.18. The van der Waals surface area contributed by atoms with E-state index in [0.29, 0.717) is 5.92 Å². The lowest BCUT2D eigenvalue weighted by atomic mass is 10.1. The molecule has 0 atom stereocenters. The number of anilines is 1. The van der Waals surface area contributed by atoms with Gasteiger partial charge >= 0.3 is 0 Å². The summed E-state index contributed by atoms with van der Waals surface area (Å²) in [6.07, 6.45) is 1.01. The van der Waals surface area contributed by atoms with Crippen LogP contribution >= 0.6 is 0 Å². The van der Waals surface area contributed by atoms with Gasteiger partial charge in [-0.25, -0.2) is 9.97 Å². The number of nitrogens with one attached hydrogen (secondary N) is 2. The monoisotopic (exact) mass is 220 g/mol. The van der Waals surface area contributed by atoms with Gasteiger partial charge in [0.15, 0.2) is 0 Å². The van der Waals surface area contributed by atoms with Crippen molar-refractivity contribution in [1.82, 2.24) is 15.3 Å². The minimum atomic E-state index is 0.387. The molecule has 2 N–H and O–H groups in total. The van der Waals surface area contributed by atoms with E-state index in [-0.39, 0.29) is 0 Å². The Bertz CT molecular complexity index is 374. The van der Waals surface area contributed by atoms with Crippen LogP contribution in [0.4, 0.5) is 5.82 Å². The van der Waals surface area contributed by atoms with Gasteiger partial charge in [0, 0.05) is 37.5 Å². The fourth-order valence-electron chi connectivity index (χ4n) is 1.93. The molecule has 16 heavy (non-hydrogen) atoms. The van der Waals surface area contributed by atoms with Gasteiger partial charge in [-0.05, 0) is 6.92 Å². The highest BCUT2D eigenvalue weighted by molar-refractivity contribution is 5.47. The molecule has 0 saturated carbocycles. The minimum Gasteiger partial charge on any atom is -0.370 e. The van der Waals surface area contributed by atoms with E-state index in [9.17, 15) is 0 Å². The van der Waals surface area contributed by atoms with Gasteiger partial charge in [-0.2, -0.15) is 0 Å². The molecular weight excluding hydrogens is 200 g/mol. The molecular formula is C12H20N4. The van der Waals surface area contributed by atoms with E-state index in [1.54, 1.807) is 0 Å². The lowest BCUT2D eigenvalue weighted by Crippen LogP contribution is -2.27. The van der Waals surface area contributed by atoms with E-state index >= 15 is 0 Å². The highest BCUT2D eigenvalue weighted by Gasteiger charge is 2.17. The SMILES string of the molecule is CCNc1nc(C(C)C)nc2c1CNCC2. The standard InChI is InChI=1S/C12H20N4/c1-4-14-12-9-7-13-6-5-10(9)15-11(16-12)8(2)3/h8,13H,4-7H2,1-3H3,(H,14,15,16). The zero-order chi connectivity index (χ0) is 11.5. The second-order valence-corrected chi connectivity index (χ2v) is 4.47. The maximum absolute atomic E-state index is 4.66. The molecule has 4 heteroatoms. The maximum Gasteiger partial charge on any atom is 0.134 e. The lowest BCUT2D eigenvalue weighted by Gasteiger charge is -2.21. The number of nitrogens with zero attached hydrogens (tertiary/aromatic N) is 2. The zero-order valence-electron chi connectivity index (χ0n) is 10.3. The molecule has 1 aliphatic rings. The number of hydrogen-bond donors (Lipinski definition) is 2. The Morgan fingerprint density at radius 3 is 2.88 bits per heavy atom. The normalized spacial score (nSPS) is 15.0. The van der Waals surface area contributed by atoms with E-state index in [1.807, 2.05) is 0 Å². The second-order valence-electron chi connectivity index (χ2n) is 4.47. The smallest absolute Gasteiger partial charge is 0.134 e. The predicted molar refractivity (Wildman–Crippen MR) is 65.7 cm³/mol. The van der Waals surface area contributed by atoms with Crippen LogP contribution in [0.25, 0.3) is 0 Å².